The fourth-order valence-corrected chi connectivity index (χ4v) is 3.05. The lowest BCUT2D eigenvalue weighted by atomic mass is 9.89. The predicted molar refractivity (Wildman–Crippen MR) is 107 cm³/mol. The van der Waals surface area contributed by atoms with Gasteiger partial charge in [0.1, 0.15) is 5.78 Å². The van der Waals surface area contributed by atoms with Crippen LogP contribution in [-0.2, 0) is 17.6 Å². The van der Waals surface area contributed by atoms with Crippen LogP contribution in [0.2, 0.25) is 0 Å². The second-order valence-electron chi connectivity index (χ2n) is 6.77. The Morgan fingerprint density at radius 3 is 2.58 bits per heavy atom. The topological polar surface area (TPSA) is 42.9 Å². The van der Waals surface area contributed by atoms with Crippen LogP contribution in [0.25, 0.3) is 0 Å². The molecule has 0 aliphatic carbocycles. The van der Waals surface area contributed by atoms with Gasteiger partial charge in [-0.2, -0.15) is 0 Å². The van der Waals surface area contributed by atoms with E-state index in [4.69, 9.17) is 0 Å². The number of carbonyl (C=O) groups excluding carboxylic acids is 1. The highest BCUT2D eigenvalue weighted by atomic mass is 16.1. The Hall–Kier alpha value is -2.29. The number of allylic oxidation sites excluding steroid dienone is 2. The van der Waals surface area contributed by atoms with Crippen LogP contribution in [-0.4, -0.2) is 15.8 Å². The minimum Gasteiger partial charge on any atom is -0.299 e. The van der Waals surface area contributed by atoms with Crippen LogP contribution >= 0.6 is 0 Å². The van der Waals surface area contributed by atoms with Gasteiger partial charge in [0.05, 0.1) is 0 Å². The maximum absolute atomic E-state index is 12.8. The number of rotatable bonds is 12. The molecule has 0 amide bonds. The Bertz CT molecular complexity index is 611. The molecule has 0 aliphatic rings. The number of ketones is 1. The standard InChI is InChI=1S/C23H30N2O/c1-2-3-4-5-6-7-8-12-23(26)21(18-20-13-16-24-17-14-20)19-22-11-9-10-15-25-22/h7-11,13-17,21H,2-6,12,18-19H2,1H3/b8-7+. The SMILES string of the molecule is CCCCCC/C=C/CC(=O)C(Cc1ccncc1)Cc1ccccn1. The van der Waals surface area contributed by atoms with Crippen LogP contribution in [0.3, 0.4) is 0 Å². The zero-order valence-corrected chi connectivity index (χ0v) is 15.8. The second-order valence-corrected chi connectivity index (χ2v) is 6.77. The van der Waals surface area contributed by atoms with E-state index in [1.54, 1.807) is 18.6 Å². The summed E-state index contributed by atoms with van der Waals surface area (Å²) in [5.41, 5.74) is 2.13. The monoisotopic (exact) mass is 350 g/mol. The molecule has 0 N–H and O–H groups in total. The van der Waals surface area contributed by atoms with Gasteiger partial charge in [-0.15, -0.1) is 0 Å². The summed E-state index contributed by atoms with van der Waals surface area (Å²) in [4.78, 5) is 21.3. The van der Waals surface area contributed by atoms with Crippen molar-refractivity contribution in [2.75, 3.05) is 0 Å². The third kappa shape index (κ3) is 7.73. The molecule has 3 heteroatoms. The Labute approximate surface area is 157 Å². The summed E-state index contributed by atoms with van der Waals surface area (Å²) >= 11 is 0. The number of hydrogen-bond donors (Lipinski definition) is 0. The molecule has 1 atom stereocenters. The van der Waals surface area contributed by atoms with Crippen molar-refractivity contribution in [3.05, 3.63) is 72.3 Å². The molecule has 0 radical (unpaired) electrons. The van der Waals surface area contributed by atoms with Gasteiger partial charge in [0.25, 0.3) is 0 Å². The van der Waals surface area contributed by atoms with Crippen molar-refractivity contribution < 1.29 is 4.79 Å². The maximum Gasteiger partial charge on any atom is 0.140 e. The van der Waals surface area contributed by atoms with E-state index < -0.39 is 0 Å². The zero-order chi connectivity index (χ0) is 18.5. The average molecular weight is 351 g/mol. The smallest absolute Gasteiger partial charge is 0.140 e. The molecule has 0 saturated heterocycles. The highest BCUT2D eigenvalue weighted by molar-refractivity contribution is 5.82. The third-order valence-electron chi connectivity index (χ3n) is 4.58. The molecule has 26 heavy (non-hydrogen) atoms. The lowest BCUT2D eigenvalue weighted by molar-refractivity contribution is -0.122. The number of nitrogens with zero attached hydrogens (tertiary/aromatic N) is 2. The average Bonchev–Trinajstić information content (AvgIpc) is 2.68. The Morgan fingerprint density at radius 2 is 1.85 bits per heavy atom. The molecule has 2 aromatic rings. The number of hydrogen-bond acceptors (Lipinski definition) is 3. The Morgan fingerprint density at radius 1 is 1.00 bits per heavy atom. The maximum atomic E-state index is 12.8. The van der Waals surface area contributed by atoms with E-state index in [1.165, 1.54) is 25.7 Å². The van der Waals surface area contributed by atoms with Crippen LogP contribution < -0.4 is 0 Å². The summed E-state index contributed by atoms with van der Waals surface area (Å²) in [5.74, 6) is 0.245. The molecule has 0 bridgehead atoms. The lowest BCUT2D eigenvalue weighted by Crippen LogP contribution is -2.20. The van der Waals surface area contributed by atoms with Crippen LogP contribution in [0.1, 0.15) is 56.7 Å². The first-order valence-electron chi connectivity index (χ1n) is 9.76. The van der Waals surface area contributed by atoms with Crippen LogP contribution in [0.5, 0.6) is 0 Å². The van der Waals surface area contributed by atoms with E-state index in [2.05, 4.69) is 23.0 Å². The number of Topliss-reactive ketones (excluding diaryl/α,β-unsaturated/α-hetero) is 1. The number of carbonyl (C=O) groups is 1. The first-order valence-corrected chi connectivity index (χ1v) is 9.76. The molecule has 0 saturated carbocycles. The summed E-state index contributed by atoms with van der Waals surface area (Å²) in [6.45, 7) is 2.22. The number of aromatic nitrogens is 2. The molecular formula is C23H30N2O. The van der Waals surface area contributed by atoms with Gasteiger partial charge in [-0.1, -0.05) is 44.4 Å². The van der Waals surface area contributed by atoms with Crippen molar-refractivity contribution in [1.82, 2.24) is 9.97 Å². The van der Waals surface area contributed by atoms with Crippen LogP contribution in [0.15, 0.2) is 61.1 Å². The Balaban J connectivity index is 1.91. The molecule has 0 spiro atoms. The fourth-order valence-electron chi connectivity index (χ4n) is 3.05. The molecule has 2 rings (SSSR count). The van der Waals surface area contributed by atoms with E-state index >= 15 is 0 Å². The van der Waals surface area contributed by atoms with Gasteiger partial charge in [-0.3, -0.25) is 14.8 Å². The zero-order valence-electron chi connectivity index (χ0n) is 15.8. The number of unbranched alkanes of at least 4 members (excludes halogenated alkanes) is 4. The molecule has 138 valence electrons. The van der Waals surface area contributed by atoms with Gasteiger partial charge in [0.15, 0.2) is 0 Å². The van der Waals surface area contributed by atoms with Gasteiger partial charge in [-0.05, 0) is 55.5 Å². The molecule has 0 aromatic carbocycles. The van der Waals surface area contributed by atoms with Crippen LogP contribution in [0, 0.1) is 5.92 Å². The minimum atomic E-state index is -0.0444. The van der Waals surface area contributed by atoms with Crippen molar-refractivity contribution in [2.24, 2.45) is 5.92 Å². The van der Waals surface area contributed by atoms with Gasteiger partial charge in [-0.25, -0.2) is 0 Å². The normalized spacial score (nSPS) is 12.3. The Kier molecular flexibility index (Phi) is 9.34. The van der Waals surface area contributed by atoms with Gasteiger partial charge in [0, 0.05) is 36.6 Å². The van der Waals surface area contributed by atoms with Gasteiger partial charge < -0.3 is 0 Å². The molecular weight excluding hydrogens is 320 g/mol. The molecule has 0 aliphatic heterocycles. The fraction of sp³-hybridized carbons (Fsp3) is 0.435. The molecule has 3 nitrogen and oxygen atoms in total. The van der Waals surface area contributed by atoms with E-state index in [9.17, 15) is 4.79 Å². The highest BCUT2D eigenvalue weighted by Gasteiger charge is 2.19. The molecule has 1 unspecified atom stereocenters. The second kappa shape index (κ2) is 12.1. The summed E-state index contributed by atoms with van der Waals surface area (Å²) < 4.78 is 0. The van der Waals surface area contributed by atoms with Crippen molar-refractivity contribution in [2.45, 2.75) is 58.3 Å². The first-order chi connectivity index (χ1) is 12.8. The summed E-state index contributed by atoms with van der Waals surface area (Å²) in [5, 5.41) is 0. The molecule has 0 fully saturated rings. The summed E-state index contributed by atoms with van der Waals surface area (Å²) in [6, 6.07) is 9.86. The lowest BCUT2D eigenvalue weighted by Gasteiger charge is -2.15. The van der Waals surface area contributed by atoms with Crippen molar-refractivity contribution >= 4 is 5.78 Å². The van der Waals surface area contributed by atoms with E-state index in [0.717, 1.165) is 24.1 Å². The van der Waals surface area contributed by atoms with Crippen molar-refractivity contribution in [3.63, 3.8) is 0 Å². The summed E-state index contributed by atoms with van der Waals surface area (Å²) in [6.07, 6.45) is 17.6. The summed E-state index contributed by atoms with van der Waals surface area (Å²) in [7, 11) is 0. The van der Waals surface area contributed by atoms with Crippen LogP contribution in [0.4, 0.5) is 0 Å². The van der Waals surface area contributed by atoms with E-state index in [-0.39, 0.29) is 11.7 Å². The molecule has 2 aromatic heterocycles. The van der Waals surface area contributed by atoms with E-state index in [1.807, 2.05) is 36.4 Å². The van der Waals surface area contributed by atoms with E-state index in [0.29, 0.717) is 12.8 Å². The van der Waals surface area contributed by atoms with Gasteiger partial charge in [0.2, 0.25) is 0 Å². The molecule has 2 heterocycles. The largest absolute Gasteiger partial charge is 0.299 e. The van der Waals surface area contributed by atoms with Gasteiger partial charge >= 0.3 is 0 Å². The van der Waals surface area contributed by atoms with Crippen molar-refractivity contribution in [3.8, 4) is 0 Å². The minimum absolute atomic E-state index is 0.0444. The van der Waals surface area contributed by atoms with Crippen molar-refractivity contribution in [1.29, 1.82) is 0 Å². The quantitative estimate of drug-likeness (QED) is 0.382. The predicted octanol–water partition coefficient (Wildman–Crippen LogP) is 5.36. The number of pyridine rings is 2. The highest BCUT2D eigenvalue weighted by Crippen LogP contribution is 2.16. The first kappa shape index (κ1) is 20.0. The third-order valence-corrected chi connectivity index (χ3v) is 4.58.